The first-order chi connectivity index (χ1) is 16.6. The molecule has 1 saturated heterocycles. The zero-order valence-electron chi connectivity index (χ0n) is 18.9. The van der Waals surface area contributed by atoms with Gasteiger partial charge in [-0.3, -0.25) is 9.20 Å². The maximum atomic E-state index is 13.7. The number of piperidine rings is 1. The number of halogens is 3. The summed E-state index contributed by atoms with van der Waals surface area (Å²) >= 11 is 0. The number of rotatable bonds is 1. The fourth-order valence-corrected chi connectivity index (χ4v) is 5.25. The minimum absolute atomic E-state index is 0.0986. The van der Waals surface area contributed by atoms with Crippen LogP contribution in [0.25, 0.3) is 16.6 Å². The minimum Gasteiger partial charge on any atom is -0.488 e. The number of likely N-dealkylation sites (tertiary alicyclic amines) is 1. The van der Waals surface area contributed by atoms with E-state index < -0.39 is 23.9 Å². The van der Waals surface area contributed by atoms with E-state index in [1.54, 1.807) is 21.7 Å². The van der Waals surface area contributed by atoms with Gasteiger partial charge in [-0.15, -0.1) is 0 Å². The number of alkyl halides is 3. The lowest BCUT2D eigenvalue weighted by Crippen LogP contribution is -2.47. The van der Waals surface area contributed by atoms with Gasteiger partial charge in [0.1, 0.15) is 34.9 Å². The lowest BCUT2D eigenvalue weighted by atomic mass is 9.88. The number of fused-ring (bicyclic) bond motifs is 6. The Morgan fingerprint density at radius 3 is 2.80 bits per heavy atom. The number of pyridine rings is 1. The Kier molecular flexibility index (Phi) is 4.51. The molecule has 1 fully saturated rings. The standard InChI is InChI=1S/C24H21F3N6O2/c1-11-5-19-21(14-4-3-13(24(25,26)27)6-18(14)35-19)32(9-11)23(34)15-7-17-16(8-29-15)31-22(28)20-12(2)30-10-33(17)20/h3-4,6-8,10-11,19,21H,5,9H2,1-2H3,(H2,28,31)/t11-,19-,21-/m0/s1. The molecule has 0 saturated carbocycles. The minimum atomic E-state index is -4.47. The van der Waals surface area contributed by atoms with Crippen LogP contribution >= 0.6 is 0 Å². The number of imidazole rings is 1. The fourth-order valence-electron chi connectivity index (χ4n) is 5.25. The van der Waals surface area contributed by atoms with Gasteiger partial charge >= 0.3 is 6.18 Å². The number of amides is 1. The number of hydrogen-bond donors (Lipinski definition) is 1. The van der Waals surface area contributed by atoms with Crippen molar-refractivity contribution in [3.8, 4) is 5.75 Å². The molecule has 0 radical (unpaired) electrons. The molecule has 0 spiro atoms. The predicted octanol–water partition coefficient (Wildman–Crippen LogP) is 4.17. The Bertz CT molecular complexity index is 1510. The van der Waals surface area contributed by atoms with Crippen molar-refractivity contribution in [1.82, 2.24) is 24.3 Å². The van der Waals surface area contributed by atoms with Crippen molar-refractivity contribution in [3.63, 3.8) is 0 Å². The van der Waals surface area contributed by atoms with Crippen LogP contribution in [0.2, 0.25) is 0 Å². The van der Waals surface area contributed by atoms with E-state index in [0.717, 1.165) is 12.1 Å². The molecule has 5 heterocycles. The Morgan fingerprint density at radius 1 is 1.23 bits per heavy atom. The number of nitrogens with two attached hydrogens (primary N) is 1. The van der Waals surface area contributed by atoms with Crippen LogP contribution in [0.4, 0.5) is 19.0 Å². The Balaban J connectivity index is 1.42. The van der Waals surface area contributed by atoms with Gasteiger partial charge in [0.25, 0.3) is 5.91 Å². The number of ether oxygens (including phenoxy) is 1. The van der Waals surface area contributed by atoms with Gasteiger partial charge in [0.15, 0.2) is 5.82 Å². The molecule has 180 valence electrons. The van der Waals surface area contributed by atoms with Crippen molar-refractivity contribution < 1.29 is 22.7 Å². The fraction of sp³-hybridized carbons (Fsp3) is 0.333. The Hall–Kier alpha value is -3.89. The highest BCUT2D eigenvalue weighted by molar-refractivity contribution is 5.96. The van der Waals surface area contributed by atoms with Gasteiger partial charge < -0.3 is 15.4 Å². The van der Waals surface area contributed by atoms with E-state index in [-0.39, 0.29) is 23.3 Å². The number of aryl methyl sites for hydroxylation is 1. The number of carbonyl (C=O) groups is 1. The van der Waals surface area contributed by atoms with E-state index >= 15 is 0 Å². The van der Waals surface area contributed by atoms with E-state index in [2.05, 4.69) is 15.0 Å². The van der Waals surface area contributed by atoms with Crippen molar-refractivity contribution in [1.29, 1.82) is 0 Å². The highest BCUT2D eigenvalue weighted by Gasteiger charge is 2.46. The molecule has 1 aromatic carbocycles. The summed E-state index contributed by atoms with van der Waals surface area (Å²) in [5.74, 6) is 0.260. The van der Waals surface area contributed by atoms with Gasteiger partial charge in [-0.25, -0.2) is 15.0 Å². The van der Waals surface area contributed by atoms with Crippen molar-refractivity contribution in [2.24, 2.45) is 5.92 Å². The van der Waals surface area contributed by atoms with E-state index in [1.807, 2.05) is 13.8 Å². The van der Waals surface area contributed by atoms with Gasteiger partial charge in [0.2, 0.25) is 0 Å². The lowest BCUT2D eigenvalue weighted by molar-refractivity contribution is -0.137. The molecule has 35 heavy (non-hydrogen) atoms. The zero-order chi connectivity index (χ0) is 24.6. The third kappa shape index (κ3) is 3.28. The molecule has 2 N–H and O–H groups in total. The number of carbonyl (C=O) groups excluding carboxylic acids is 1. The summed E-state index contributed by atoms with van der Waals surface area (Å²) in [6.45, 7) is 4.24. The predicted molar refractivity (Wildman–Crippen MR) is 121 cm³/mol. The van der Waals surface area contributed by atoms with Gasteiger partial charge in [-0.2, -0.15) is 13.2 Å². The van der Waals surface area contributed by atoms with Crippen molar-refractivity contribution in [2.75, 3.05) is 12.3 Å². The van der Waals surface area contributed by atoms with Gasteiger partial charge in [0, 0.05) is 12.1 Å². The van der Waals surface area contributed by atoms with E-state index in [4.69, 9.17) is 10.5 Å². The molecule has 0 aliphatic carbocycles. The molecular formula is C24H21F3N6O2. The quantitative estimate of drug-likeness (QED) is 0.437. The number of nitrogens with zero attached hydrogens (tertiary/aromatic N) is 5. The van der Waals surface area contributed by atoms with Gasteiger partial charge in [-0.05, 0) is 37.5 Å². The first kappa shape index (κ1) is 21.6. The summed E-state index contributed by atoms with van der Waals surface area (Å²) in [6, 6.07) is 4.62. The highest BCUT2D eigenvalue weighted by Crippen LogP contribution is 2.47. The maximum Gasteiger partial charge on any atom is 0.416 e. The monoisotopic (exact) mass is 482 g/mol. The summed E-state index contributed by atoms with van der Waals surface area (Å²) in [7, 11) is 0. The second-order valence-electron chi connectivity index (χ2n) is 9.25. The first-order valence-electron chi connectivity index (χ1n) is 11.2. The second-order valence-corrected chi connectivity index (χ2v) is 9.25. The summed E-state index contributed by atoms with van der Waals surface area (Å²) in [4.78, 5) is 28.4. The summed E-state index contributed by atoms with van der Waals surface area (Å²) < 4.78 is 47.4. The summed E-state index contributed by atoms with van der Waals surface area (Å²) in [5.41, 5.74) is 8.60. The lowest BCUT2D eigenvalue weighted by Gasteiger charge is -2.39. The van der Waals surface area contributed by atoms with Crippen molar-refractivity contribution >= 4 is 28.3 Å². The molecule has 6 rings (SSSR count). The molecule has 2 aliphatic rings. The topological polar surface area (TPSA) is 98.6 Å². The van der Waals surface area contributed by atoms with Crippen LogP contribution in [-0.4, -0.2) is 42.8 Å². The average molecular weight is 482 g/mol. The molecule has 3 aromatic heterocycles. The zero-order valence-corrected chi connectivity index (χ0v) is 18.9. The molecule has 1 amide bonds. The van der Waals surface area contributed by atoms with Crippen LogP contribution in [-0.2, 0) is 6.18 Å². The number of hydrogen-bond acceptors (Lipinski definition) is 6. The third-order valence-electron chi connectivity index (χ3n) is 6.80. The molecule has 11 heteroatoms. The van der Waals surface area contributed by atoms with E-state index in [9.17, 15) is 18.0 Å². The normalized spacial score (nSPS) is 21.7. The number of anilines is 1. The third-order valence-corrected chi connectivity index (χ3v) is 6.80. The Morgan fingerprint density at radius 2 is 2.03 bits per heavy atom. The summed E-state index contributed by atoms with van der Waals surface area (Å²) in [6.07, 6.45) is -1.15. The SMILES string of the molecule is Cc1ncn2c1c(N)nc1cnc(C(=O)N3C[C@@H](C)C[C@@H]4Oc5cc(C(F)(F)F)ccc5[C@@H]43)cc12. The summed E-state index contributed by atoms with van der Waals surface area (Å²) in [5, 5.41) is 0. The molecule has 3 atom stereocenters. The maximum absolute atomic E-state index is 13.7. The second kappa shape index (κ2) is 7.30. The molecule has 0 bridgehead atoms. The largest absolute Gasteiger partial charge is 0.488 e. The van der Waals surface area contributed by atoms with Crippen molar-refractivity contribution in [3.05, 3.63) is 59.3 Å². The first-order valence-corrected chi connectivity index (χ1v) is 11.2. The number of benzene rings is 1. The Labute approximate surface area is 197 Å². The van der Waals surface area contributed by atoms with Crippen molar-refractivity contribution in [2.45, 2.75) is 38.6 Å². The molecule has 2 aliphatic heterocycles. The smallest absolute Gasteiger partial charge is 0.416 e. The average Bonchev–Trinajstić information content (AvgIpc) is 3.37. The van der Waals surface area contributed by atoms with Crippen LogP contribution in [0.5, 0.6) is 5.75 Å². The van der Waals surface area contributed by atoms with Crippen LogP contribution in [0.3, 0.4) is 0 Å². The van der Waals surface area contributed by atoms with E-state index in [1.165, 1.54) is 12.3 Å². The van der Waals surface area contributed by atoms with Gasteiger partial charge in [0.05, 0.1) is 29.0 Å². The van der Waals surface area contributed by atoms with Crippen LogP contribution in [0, 0.1) is 12.8 Å². The molecule has 0 unspecified atom stereocenters. The number of aromatic nitrogens is 4. The molecule has 8 nitrogen and oxygen atoms in total. The number of nitrogen functional groups attached to an aromatic ring is 1. The van der Waals surface area contributed by atoms with Gasteiger partial charge in [-0.1, -0.05) is 13.0 Å². The van der Waals surface area contributed by atoms with Crippen LogP contribution in [0.15, 0.2) is 36.8 Å². The van der Waals surface area contributed by atoms with Crippen LogP contribution < -0.4 is 10.5 Å². The molecular weight excluding hydrogens is 461 g/mol. The van der Waals surface area contributed by atoms with E-state index in [0.29, 0.717) is 46.6 Å². The highest BCUT2D eigenvalue weighted by atomic mass is 19.4. The van der Waals surface area contributed by atoms with Crippen LogP contribution in [0.1, 0.15) is 46.7 Å². The molecule has 4 aromatic rings.